The van der Waals surface area contributed by atoms with E-state index in [1.54, 1.807) is 0 Å². The van der Waals surface area contributed by atoms with Crippen molar-refractivity contribution in [2.75, 3.05) is 5.73 Å². The van der Waals surface area contributed by atoms with E-state index in [4.69, 9.17) is 17.3 Å². The Morgan fingerprint density at radius 3 is 2.79 bits per heavy atom. The molecule has 96 valence electrons. The van der Waals surface area contributed by atoms with Crippen LogP contribution in [-0.4, -0.2) is 9.55 Å². The van der Waals surface area contributed by atoms with Gasteiger partial charge in [0.1, 0.15) is 5.52 Å². The Morgan fingerprint density at radius 1 is 1.26 bits per heavy atom. The minimum atomic E-state index is 0.429. The summed E-state index contributed by atoms with van der Waals surface area (Å²) in [6.07, 6.45) is 0. The van der Waals surface area contributed by atoms with Crippen LogP contribution >= 0.6 is 27.5 Å². The van der Waals surface area contributed by atoms with Crippen LogP contribution in [0.5, 0.6) is 0 Å². The molecule has 0 unspecified atom stereocenters. The van der Waals surface area contributed by atoms with Gasteiger partial charge in [0.15, 0.2) is 0 Å². The average Bonchev–Trinajstić information content (AvgIpc) is 2.71. The first-order chi connectivity index (χ1) is 9.08. The summed E-state index contributed by atoms with van der Waals surface area (Å²) in [4.78, 5) is 4.33. The van der Waals surface area contributed by atoms with Crippen LogP contribution in [0.15, 0.2) is 40.9 Å². The zero-order valence-corrected chi connectivity index (χ0v) is 12.5. The molecule has 0 radical (unpaired) electrons. The van der Waals surface area contributed by atoms with Gasteiger partial charge in [0, 0.05) is 4.47 Å². The maximum atomic E-state index is 6.15. The van der Waals surface area contributed by atoms with Gasteiger partial charge >= 0.3 is 0 Å². The Balaban J connectivity index is 2.33. The smallest absolute Gasteiger partial charge is 0.205 e. The van der Waals surface area contributed by atoms with Crippen LogP contribution in [0.1, 0.15) is 5.56 Å². The predicted molar refractivity (Wildman–Crippen MR) is 82.9 cm³/mol. The van der Waals surface area contributed by atoms with E-state index in [1.165, 1.54) is 5.56 Å². The maximum absolute atomic E-state index is 6.15. The first kappa shape index (κ1) is 12.5. The molecule has 0 aliphatic rings. The standard InChI is InChI=1S/C14H11BrClN3/c1-8-5-6-9(7-10(8)15)19-12-4-2-3-11(16)13(12)18-14(19)17/h2-7H,1H3,(H2,17,18). The topological polar surface area (TPSA) is 43.8 Å². The summed E-state index contributed by atoms with van der Waals surface area (Å²) >= 11 is 9.68. The molecule has 0 atom stereocenters. The van der Waals surface area contributed by atoms with Gasteiger partial charge in [-0.2, -0.15) is 0 Å². The Bertz CT molecular complexity index is 780. The molecule has 5 heteroatoms. The molecule has 3 nitrogen and oxygen atoms in total. The van der Waals surface area contributed by atoms with Crippen LogP contribution in [-0.2, 0) is 0 Å². The Labute approximate surface area is 124 Å². The fraction of sp³-hybridized carbons (Fsp3) is 0.0714. The van der Waals surface area contributed by atoms with Crippen molar-refractivity contribution in [2.45, 2.75) is 6.92 Å². The minimum absolute atomic E-state index is 0.429. The molecule has 0 bridgehead atoms. The first-order valence-electron chi connectivity index (χ1n) is 5.77. The lowest BCUT2D eigenvalue weighted by Gasteiger charge is -2.08. The highest BCUT2D eigenvalue weighted by atomic mass is 79.9. The summed E-state index contributed by atoms with van der Waals surface area (Å²) in [7, 11) is 0. The van der Waals surface area contributed by atoms with Crippen molar-refractivity contribution in [1.82, 2.24) is 9.55 Å². The molecule has 2 N–H and O–H groups in total. The summed E-state index contributed by atoms with van der Waals surface area (Å²) in [5, 5.41) is 0.606. The first-order valence-corrected chi connectivity index (χ1v) is 6.94. The Morgan fingerprint density at radius 2 is 2.05 bits per heavy atom. The van der Waals surface area contributed by atoms with E-state index in [0.29, 0.717) is 11.0 Å². The van der Waals surface area contributed by atoms with Crippen molar-refractivity contribution in [1.29, 1.82) is 0 Å². The lowest BCUT2D eigenvalue weighted by atomic mass is 10.2. The molecule has 0 saturated carbocycles. The van der Waals surface area contributed by atoms with E-state index in [9.17, 15) is 0 Å². The highest BCUT2D eigenvalue weighted by molar-refractivity contribution is 9.10. The van der Waals surface area contributed by atoms with E-state index in [0.717, 1.165) is 21.2 Å². The number of aromatic nitrogens is 2. The highest BCUT2D eigenvalue weighted by Gasteiger charge is 2.12. The van der Waals surface area contributed by atoms with Gasteiger partial charge in [0.2, 0.25) is 5.95 Å². The van der Waals surface area contributed by atoms with Crippen LogP contribution in [0.25, 0.3) is 16.7 Å². The maximum Gasteiger partial charge on any atom is 0.205 e. The average molecular weight is 337 g/mol. The van der Waals surface area contributed by atoms with Crippen molar-refractivity contribution in [2.24, 2.45) is 0 Å². The second-order valence-electron chi connectivity index (χ2n) is 4.35. The van der Waals surface area contributed by atoms with E-state index in [-0.39, 0.29) is 0 Å². The number of halogens is 2. The number of rotatable bonds is 1. The van der Waals surface area contributed by atoms with Gasteiger partial charge in [-0.25, -0.2) is 4.98 Å². The number of hydrogen-bond donors (Lipinski definition) is 1. The third kappa shape index (κ3) is 2.01. The highest BCUT2D eigenvalue weighted by Crippen LogP contribution is 2.29. The van der Waals surface area contributed by atoms with Gasteiger partial charge in [0.25, 0.3) is 0 Å². The fourth-order valence-corrected chi connectivity index (χ4v) is 2.65. The summed E-state index contributed by atoms with van der Waals surface area (Å²) in [6, 6.07) is 11.7. The van der Waals surface area contributed by atoms with Crippen molar-refractivity contribution in [3.05, 3.63) is 51.5 Å². The largest absolute Gasteiger partial charge is 0.369 e. The molecular formula is C14H11BrClN3. The zero-order chi connectivity index (χ0) is 13.6. The molecule has 1 heterocycles. The van der Waals surface area contributed by atoms with Crippen LogP contribution in [0.3, 0.4) is 0 Å². The molecule has 0 fully saturated rings. The number of para-hydroxylation sites is 1. The van der Waals surface area contributed by atoms with Gasteiger partial charge < -0.3 is 5.73 Å². The summed E-state index contributed by atoms with van der Waals surface area (Å²) in [5.41, 5.74) is 9.77. The number of nitrogens with zero attached hydrogens (tertiary/aromatic N) is 2. The quantitative estimate of drug-likeness (QED) is 0.718. The molecule has 3 aromatic rings. The summed E-state index contributed by atoms with van der Waals surface area (Å²) in [6.45, 7) is 2.04. The summed E-state index contributed by atoms with van der Waals surface area (Å²) in [5.74, 6) is 0.429. The number of hydrogen-bond acceptors (Lipinski definition) is 2. The molecule has 3 rings (SSSR count). The van der Waals surface area contributed by atoms with E-state index in [2.05, 4.69) is 20.9 Å². The molecule has 2 aromatic carbocycles. The van der Waals surface area contributed by atoms with E-state index >= 15 is 0 Å². The Hall–Kier alpha value is -1.52. The molecule has 0 spiro atoms. The van der Waals surface area contributed by atoms with E-state index < -0.39 is 0 Å². The van der Waals surface area contributed by atoms with E-state index in [1.807, 2.05) is 47.9 Å². The molecule has 1 aromatic heterocycles. The van der Waals surface area contributed by atoms with Crippen molar-refractivity contribution in [3.63, 3.8) is 0 Å². The second-order valence-corrected chi connectivity index (χ2v) is 5.61. The molecule has 0 aliphatic heterocycles. The predicted octanol–water partition coefficient (Wildman–Crippen LogP) is 4.33. The number of anilines is 1. The van der Waals surface area contributed by atoms with Crippen molar-refractivity contribution >= 4 is 44.5 Å². The number of aryl methyl sites for hydroxylation is 1. The van der Waals surface area contributed by atoms with Crippen LogP contribution in [0, 0.1) is 6.92 Å². The van der Waals surface area contributed by atoms with Gasteiger partial charge in [0.05, 0.1) is 16.2 Å². The fourth-order valence-electron chi connectivity index (χ4n) is 2.08. The SMILES string of the molecule is Cc1ccc(-n2c(N)nc3c(Cl)cccc32)cc1Br. The van der Waals surface area contributed by atoms with Crippen LogP contribution in [0.4, 0.5) is 5.95 Å². The Kier molecular flexibility index (Phi) is 2.99. The molecule has 0 amide bonds. The van der Waals surface area contributed by atoms with Crippen LogP contribution in [0.2, 0.25) is 5.02 Å². The lowest BCUT2D eigenvalue weighted by Crippen LogP contribution is -2.00. The molecule has 0 saturated heterocycles. The van der Waals surface area contributed by atoms with Crippen molar-refractivity contribution < 1.29 is 0 Å². The number of fused-ring (bicyclic) bond motifs is 1. The molecular weight excluding hydrogens is 326 g/mol. The monoisotopic (exact) mass is 335 g/mol. The summed E-state index contributed by atoms with van der Waals surface area (Å²) < 4.78 is 2.93. The molecule has 19 heavy (non-hydrogen) atoms. The lowest BCUT2D eigenvalue weighted by molar-refractivity contribution is 1.10. The second kappa shape index (κ2) is 4.54. The number of nitrogen functional groups attached to an aromatic ring is 1. The zero-order valence-electron chi connectivity index (χ0n) is 10.2. The van der Waals surface area contributed by atoms with Crippen molar-refractivity contribution in [3.8, 4) is 5.69 Å². The third-order valence-electron chi connectivity index (χ3n) is 3.08. The van der Waals surface area contributed by atoms with Gasteiger partial charge in [-0.15, -0.1) is 0 Å². The van der Waals surface area contributed by atoms with Gasteiger partial charge in [-0.3, -0.25) is 4.57 Å². The number of benzene rings is 2. The van der Waals surface area contributed by atoms with Gasteiger partial charge in [-0.1, -0.05) is 39.7 Å². The third-order valence-corrected chi connectivity index (χ3v) is 4.23. The normalized spacial score (nSPS) is 11.1. The minimum Gasteiger partial charge on any atom is -0.369 e. The van der Waals surface area contributed by atoms with Gasteiger partial charge in [-0.05, 0) is 36.8 Å². The van der Waals surface area contributed by atoms with Crippen LogP contribution < -0.4 is 5.73 Å². The molecule has 0 aliphatic carbocycles. The number of nitrogens with two attached hydrogens (primary N) is 1. The number of imidazole rings is 1.